The van der Waals surface area contributed by atoms with Crippen LogP contribution in [0.4, 0.5) is 0 Å². The summed E-state index contributed by atoms with van der Waals surface area (Å²) >= 11 is 0. The maximum Gasteiger partial charge on any atom is 0.0499 e. The first-order valence-electron chi connectivity index (χ1n) is 7.46. The minimum absolute atomic E-state index is 0.278. The lowest BCUT2D eigenvalue weighted by atomic mass is 9.90. The van der Waals surface area contributed by atoms with Gasteiger partial charge in [0.25, 0.3) is 0 Å². The van der Waals surface area contributed by atoms with E-state index in [1.54, 1.807) is 0 Å². The van der Waals surface area contributed by atoms with E-state index in [-0.39, 0.29) is 6.61 Å². The summed E-state index contributed by atoms with van der Waals surface area (Å²) in [5.74, 6) is 0.331. The first-order valence-corrected chi connectivity index (χ1v) is 7.46. The fourth-order valence-corrected chi connectivity index (χ4v) is 2.56. The zero-order valence-electron chi connectivity index (χ0n) is 12.0. The fourth-order valence-electron chi connectivity index (χ4n) is 2.56. The monoisotopic (exact) mass is 248 g/mol. The van der Waals surface area contributed by atoms with Crippen molar-refractivity contribution in [1.29, 1.82) is 0 Å². The second-order valence-corrected chi connectivity index (χ2v) is 5.29. The van der Waals surface area contributed by atoms with Crippen LogP contribution in [0.2, 0.25) is 0 Å². The average Bonchev–Trinajstić information content (AvgIpc) is 2.39. The smallest absolute Gasteiger partial charge is 0.0499 e. The molecule has 0 saturated carbocycles. The Labute approximate surface area is 112 Å². The summed E-state index contributed by atoms with van der Waals surface area (Å²) in [6, 6.07) is 8.44. The quantitative estimate of drug-likeness (QED) is 0.621. The number of aliphatic hydroxyl groups is 1. The van der Waals surface area contributed by atoms with Gasteiger partial charge in [-0.25, -0.2) is 0 Å². The molecule has 1 heteroatoms. The van der Waals surface area contributed by atoms with Gasteiger partial charge >= 0.3 is 0 Å². The zero-order valence-corrected chi connectivity index (χ0v) is 12.0. The summed E-state index contributed by atoms with van der Waals surface area (Å²) < 4.78 is 0. The number of hydrogen-bond donors (Lipinski definition) is 1. The second-order valence-electron chi connectivity index (χ2n) is 5.29. The lowest BCUT2D eigenvalue weighted by molar-refractivity contribution is 0.256. The molecule has 0 spiro atoms. The van der Waals surface area contributed by atoms with Gasteiger partial charge in [-0.05, 0) is 24.5 Å². The summed E-state index contributed by atoms with van der Waals surface area (Å²) in [6.45, 7) is 4.67. The van der Waals surface area contributed by atoms with Crippen LogP contribution in [0, 0.1) is 6.92 Å². The van der Waals surface area contributed by atoms with Crippen molar-refractivity contribution in [2.75, 3.05) is 6.61 Å². The molecule has 1 aromatic rings. The Kier molecular flexibility index (Phi) is 7.75. The molecule has 1 atom stereocenters. The molecule has 0 fully saturated rings. The predicted octanol–water partition coefficient (Wildman–Crippen LogP) is 4.82. The molecule has 0 aliphatic heterocycles. The van der Waals surface area contributed by atoms with Crippen molar-refractivity contribution in [2.45, 2.75) is 64.7 Å². The number of benzene rings is 1. The van der Waals surface area contributed by atoms with Gasteiger partial charge in [-0.2, -0.15) is 0 Å². The van der Waals surface area contributed by atoms with Gasteiger partial charge in [0.15, 0.2) is 0 Å². The number of aliphatic hydroxyl groups excluding tert-OH is 1. The van der Waals surface area contributed by atoms with Crippen LogP contribution in [-0.2, 0) is 0 Å². The minimum atomic E-state index is 0.278. The molecule has 0 aromatic heterocycles. The molecule has 1 N–H and O–H groups in total. The molecule has 1 aromatic carbocycles. The molecule has 18 heavy (non-hydrogen) atoms. The van der Waals surface area contributed by atoms with Crippen molar-refractivity contribution < 1.29 is 5.11 Å². The van der Waals surface area contributed by atoms with E-state index >= 15 is 0 Å². The third-order valence-corrected chi connectivity index (χ3v) is 3.75. The highest BCUT2D eigenvalue weighted by Crippen LogP contribution is 2.25. The molecule has 0 heterocycles. The van der Waals surface area contributed by atoms with Gasteiger partial charge in [0.2, 0.25) is 0 Å². The summed E-state index contributed by atoms with van der Waals surface area (Å²) in [4.78, 5) is 0. The number of aryl methyl sites for hydroxylation is 1. The Balaban J connectivity index is 2.32. The minimum Gasteiger partial charge on any atom is -0.396 e. The molecular weight excluding hydrogens is 220 g/mol. The molecule has 0 aliphatic rings. The van der Waals surface area contributed by atoms with E-state index < -0.39 is 0 Å². The number of rotatable bonds is 9. The van der Waals surface area contributed by atoms with E-state index in [0.717, 1.165) is 6.42 Å². The van der Waals surface area contributed by atoms with E-state index in [9.17, 15) is 5.11 Å². The fraction of sp³-hybridized carbons (Fsp3) is 0.647. The largest absolute Gasteiger partial charge is 0.396 e. The Morgan fingerprint density at radius 2 is 1.67 bits per heavy atom. The Morgan fingerprint density at radius 1 is 1.00 bits per heavy atom. The van der Waals surface area contributed by atoms with Gasteiger partial charge in [-0.3, -0.25) is 0 Å². The molecule has 102 valence electrons. The first kappa shape index (κ1) is 15.2. The van der Waals surface area contributed by atoms with Crippen LogP contribution in [0.25, 0.3) is 0 Å². The zero-order chi connectivity index (χ0) is 13.2. The van der Waals surface area contributed by atoms with Gasteiger partial charge in [-0.15, -0.1) is 0 Å². The highest BCUT2D eigenvalue weighted by molar-refractivity contribution is 5.29. The summed E-state index contributed by atoms with van der Waals surface area (Å²) in [6.07, 6.45) is 9.05. The van der Waals surface area contributed by atoms with Gasteiger partial charge in [-0.1, -0.05) is 69.7 Å². The van der Waals surface area contributed by atoms with E-state index in [2.05, 4.69) is 38.1 Å². The Morgan fingerprint density at radius 3 is 2.33 bits per heavy atom. The summed E-state index contributed by atoms with van der Waals surface area (Å²) in [7, 11) is 0. The van der Waals surface area contributed by atoms with Crippen LogP contribution >= 0.6 is 0 Å². The van der Waals surface area contributed by atoms with Crippen molar-refractivity contribution in [3.8, 4) is 0 Å². The third-order valence-electron chi connectivity index (χ3n) is 3.75. The summed E-state index contributed by atoms with van der Waals surface area (Å²) in [5.41, 5.74) is 2.64. The second kappa shape index (κ2) is 9.16. The standard InChI is InChI=1S/C17H28O/c1-3-4-5-6-7-8-12-16(14-18)17-13-10-9-11-15(17)2/h9-11,13,16,18H,3-8,12,14H2,1-2H3. The molecule has 1 unspecified atom stereocenters. The van der Waals surface area contributed by atoms with Crippen LogP contribution < -0.4 is 0 Å². The van der Waals surface area contributed by atoms with Crippen LogP contribution in [0.5, 0.6) is 0 Å². The number of hydrogen-bond acceptors (Lipinski definition) is 1. The van der Waals surface area contributed by atoms with Crippen LogP contribution in [0.1, 0.15) is 68.9 Å². The Bertz CT molecular complexity index is 319. The highest BCUT2D eigenvalue weighted by Gasteiger charge is 2.11. The van der Waals surface area contributed by atoms with Crippen LogP contribution in [0.3, 0.4) is 0 Å². The normalized spacial score (nSPS) is 12.6. The average molecular weight is 248 g/mol. The van der Waals surface area contributed by atoms with Crippen molar-refractivity contribution in [1.82, 2.24) is 0 Å². The number of unbranched alkanes of at least 4 members (excludes halogenated alkanes) is 5. The van der Waals surface area contributed by atoms with Crippen LogP contribution in [-0.4, -0.2) is 11.7 Å². The molecule has 1 rings (SSSR count). The Hall–Kier alpha value is -0.820. The van der Waals surface area contributed by atoms with Gasteiger partial charge in [0.05, 0.1) is 0 Å². The van der Waals surface area contributed by atoms with Crippen molar-refractivity contribution in [3.63, 3.8) is 0 Å². The van der Waals surface area contributed by atoms with Crippen molar-refractivity contribution in [3.05, 3.63) is 35.4 Å². The van der Waals surface area contributed by atoms with E-state index in [0.29, 0.717) is 5.92 Å². The molecule has 0 saturated heterocycles. The molecule has 0 aliphatic carbocycles. The highest BCUT2D eigenvalue weighted by atomic mass is 16.3. The SMILES string of the molecule is CCCCCCCCC(CO)c1ccccc1C. The molecule has 0 radical (unpaired) electrons. The van der Waals surface area contributed by atoms with Gasteiger partial charge in [0, 0.05) is 12.5 Å². The lowest BCUT2D eigenvalue weighted by Crippen LogP contribution is -2.06. The first-order chi connectivity index (χ1) is 8.79. The van der Waals surface area contributed by atoms with Crippen molar-refractivity contribution in [2.24, 2.45) is 0 Å². The third kappa shape index (κ3) is 5.22. The van der Waals surface area contributed by atoms with E-state index in [1.165, 1.54) is 49.7 Å². The lowest BCUT2D eigenvalue weighted by Gasteiger charge is -2.16. The van der Waals surface area contributed by atoms with E-state index in [1.807, 2.05) is 0 Å². The maximum atomic E-state index is 9.54. The van der Waals surface area contributed by atoms with Gasteiger partial charge in [0.1, 0.15) is 0 Å². The molecular formula is C17H28O. The summed E-state index contributed by atoms with van der Waals surface area (Å²) in [5, 5.41) is 9.54. The van der Waals surface area contributed by atoms with Crippen LogP contribution in [0.15, 0.2) is 24.3 Å². The molecule has 0 bridgehead atoms. The predicted molar refractivity (Wildman–Crippen MR) is 79.0 cm³/mol. The van der Waals surface area contributed by atoms with Crippen molar-refractivity contribution >= 4 is 0 Å². The van der Waals surface area contributed by atoms with E-state index in [4.69, 9.17) is 0 Å². The molecule has 1 nitrogen and oxygen atoms in total. The topological polar surface area (TPSA) is 20.2 Å². The molecule has 0 amide bonds. The maximum absolute atomic E-state index is 9.54. The van der Waals surface area contributed by atoms with Gasteiger partial charge < -0.3 is 5.11 Å².